The van der Waals surface area contributed by atoms with Crippen LogP contribution in [-0.4, -0.2) is 26.3 Å². The van der Waals surface area contributed by atoms with Gasteiger partial charge in [-0.25, -0.2) is 4.39 Å². The van der Waals surface area contributed by atoms with Gasteiger partial charge >= 0.3 is 0 Å². The van der Waals surface area contributed by atoms with Gasteiger partial charge in [-0.05, 0) is 62.5 Å². The van der Waals surface area contributed by atoms with Crippen LogP contribution < -0.4 is 4.74 Å². The number of thioether (sulfide) groups is 1. The summed E-state index contributed by atoms with van der Waals surface area (Å²) in [5.74, 6) is 0.658. The number of hydrogen-bond donors (Lipinski definition) is 0. The summed E-state index contributed by atoms with van der Waals surface area (Å²) in [7, 11) is 0. The van der Waals surface area contributed by atoms with E-state index in [0.29, 0.717) is 22.4 Å². The highest BCUT2D eigenvalue weighted by atomic mass is 32.2. The first kappa shape index (κ1) is 22.3. The zero-order valence-electron chi connectivity index (χ0n) is 17.9. The highest BCUT2D eigenvalue weighted by Gasteiger charge is 2.20. The molecule has 0 radical (unpaired) electrons. The van der Waals surface area contributed by atoms with E-state index >= 15 is 0 Å². The summed E-state index contributed by atoms with van der Waals surface area (Å²) in [5, 5.41) is 10.4. The van der Waals surface area contributed by atoms with Crippen LogP contribution in [0.15, 0.2) is 57.5 Å². The Balaban J connectivity index is 1.36. The second-order valence-corrected chi connectivity index (χ2v) is 9.24. The number of halogens is 1. The van der Waals surface area contributed by atoms with Gasteiger partial charge in [0.05, 0.1) is 12.3 Å². The third-order valence-electron chi connectivity index (χ3n) is 4.99. The second-order valence-electron chi connectivity index (χ2n) is 7.28. The molecule has 0 fully saturated rings. The van der Waals surface area contributed by atoms with Crippen LogP contribution in [0.3, 0.4) is 0 Å². The fourth-order valence-corrected chi connectivity index (χ4v) is 4.65. The molecule has 3 aromatic heterocycles. The quantitative estimate of drug-likeness (QED) is 0.225. The Morgan fingerprint density at radius 1 is 1.25 bits per heavy atom. The van der Waals surface area contributed by atoms with Gasteiger partial charge in [0.1, 0.15) is 11.6 Å². The summed E-state index contributed by atoms with van der Waals surface area (Å²) in [6.45, 7) is 6.50. The molecule has 9 heteroatoms. The van der Waals surface area contributed by atoms with Crippen LogP contribution >= 0.6 is 23.1 Å². The van der Waals surface area contributed by atoms with Crippen molar-refractivity contribution >= 4 is 28.9 Å². The molecule has 32 heavy (non-hydrogen) atoms. The molecule has 0 aliphatic rings. The molecule has 4 aromatic rings. The standard InChI is InChI=1S/C23H22FN3O3S2/c1-14-11-20(15(2)27(14)12-19-5-4-10-31-19)21(28)13-32-23-26-25-22(30-23)16(3)29-18-8-6-17(24)7-9-18/h4-11,16H,12-13H2,1-3H3/t16-/m0/s1. The number of Topliss-reactive ketones (excluding diaryl/α,β-unsaturated/α-hetero) is 1. The number of benzene rings is 1. The maximum absolute atomic E-state index is 13.0. The molecule has 0 N–H and O–H groups in total. The zero-order valence-corrected chi connectivity index (χ0v) is 19.5. The fraction of sp³-hybridized carbons (Fsp3) is 0.261. The maximum atomic E-state index is 13.0. The van der Waals surface area contributed by atoms with E-state index in [0.717, 1.165) is 17.9 Å². The van der Waals surface area contributed by atoms with Crippen molar-refractivity contribution in [1.82, 2.24) is 14.8 Å². The van der Waals surface area contributed by atoms with Gasteiger partial charge < -0.3 is 13.7 Å². The third-order valence-corrected chi connectivity index (χ3v) is 6.67. The van der Waals surface area contributed by atoms with Crippen molar-refractivity contribution in [2.75, 3.05) is 5.75 Å². The molecule has 0 saturated carbocycles. The molecule has 1 atom stereocenters. The van der Waals surface area contributed by atoms with Crippen molar-refractivity contribution in [3.63, 3.8) is 0 Å². The second kappa shape index (κ2) is 9.70. The number of aromatic nitrogens is 3. The first-order valence-corrected chi connectivity index (χ1v) is 11.9. The van der Waals surface area contributed by atoms with Gasteiger partial charge in [-0.2, -0.15) is 0 Å². The highest BCUT2D eigenvalue weighted by Crippen LogP contribution is 2.26. The summed E-state index contributed by atoms with van der Waals surface area (Å²) in [5.41, 5.74) is 2.71. The molecule has 0 unspecified atom stereocenters. The van der Waals surface area contributed by atoms with Crippen molar-refractivity contribution in [3.05, 3.63) is 81.4 Å². The van der Waals surface area contributed by atoms with Crippen molar-refractivity contribution in [2.45, 2.75) is 38.6 Å². The highest BCUT2D eigenvalue weighted by molar-refractivity contribution is 7.99. The van der Waals surface area contributed by atoms with Gasteiger partial charge in [0.15, 0.2) is 11.9 Å². The topological polar surface area (TPSA) is 70.2 Å². The molecule has 0 aliphatic carbocycles. The molecule has 0 aliphatic heterocycles. The summed E-state index contributed by atoms with van der Waals surface area (Å²) in [6.07, 6.45) is -0.505. The van der Waals surface area contributed by atoms with Gasteiger partial charge in [0, 0.05) is 21.8 Å². The zero-order chi connectivity index (χ0) is 22.7. The lowest BCUT2D eigenvalue weighted by Gasteiger charge is -2.10. The molecule has 0 spiro atoms. The number of hydrogen-bond acceptors (Lipinski definition) is 7. The minimum atomic E-state index is -0.505. The molecule has 0 amide bonds. The summed E-state index contributed by atoms with van der Waals surface area (Å²) >= 11 is 2.90. The van der Waals surface area contributed by atoms with Gasteiger partial charge in [0.2, 0.25) is 0 Å². The average molecular weight is 472 g/mol. The first-order chi connectivity index (χ1) is 15.4. The monoisotopic (exact) mass is 471 g/mol. The Kier molecular flexibility index (Phi) is 6.76. The summed E-state index contributed by atoms with van der Waals surface area (Å²) in [4.78, 5) is 14.1. The smallest absolute Gasteiger partial charge is 0.277 e. The SMILES string of the molecule is Cc1cc(C(=O)CSc2nnc([C@H](C)Oc3ccc(F)cc3)o2)c(C)n1Cc1cccs1. The maximum Gasteiger partial charge on any atom is 0.277 e. The average Bonchev–Trinajstić information content (AvgIpc) is 3.52. The van der Waals surface area contributed by atoms with E-state index in [1.54, 1.807) is 18.3 Å². The number of ether oxygens (including phenoxy) is 1. The van der Waals surface area contributed by atoms with Crippen LogP contribution in [0.5, 0.6) is 5.75 Å². The molecule has 0 bridgehead atoms. The molecule has 166 valence electrons. The Hall–Kier alpha value is -2.91. The minimum absolute atomic E-state index is 0.0101. The van der Waals surface area contributed by atoms with E-state index in [-0.39, 0.29) is 17.4 Å². The van der Waals surface area contributed by atoms with E-state index in [1.165, 1.54) is 40.9 Å². The Morgan fingerprint density at radius 2 is 2.03 bits per heavy atom. The van der Waals surface area contributed by atoms with Crippen LogP contribution in [0, 0.1) is 19.7 Å². The Labute approximate surface area is 193 Å². The van der Waals surface area contributed by atoms with Crippen LogP contribution in [0.2, 0.25) is 0 Å². The molecule has 4 rings (SSSR count). The number of carbonyl (C=O) groups is 1. The normalized spacial score (nSPS) is 12.1. The van der Waals surface area contributed by atoms with E-state index in [1.807, 2.05) is 26.0 Å². The Morgan fingerprint density at radius 3 is 2.75 bits per heavy atom. The summed E-state index contributed by atoms with van der Waals surface area (Å²) in [6, 6.07) is 11.8. The van der Waals surface area contributed by atoms with Crippen LogP contribution in [0.4, 0.5) is 4.39 Å². The lowest BCUT2D eigenvalue weighted by molar-refractivity contribution is 0.102. The van der Waals surface area contributed by atoms with E-state index < -0.39 is 6.10 Å². The summed E-state index contributed by atoms with van der Waals surface area (Å²) < 4.78 is 26.5. The van der Waals surface area contributed by atoms with Crippen molar-refractivity contribution < 1.29 is 18.3 Å². The predicted octanol–water partition coefficient (Wildman–Crippen LogP) is 5.85. The number of ketones is 1. The lowest BCUT2D eigenvalue weighted by atomic mass is 10.2. The number of rotatable bonds is 9. The van der Waals surface area contributed by atoms with E-state index in [2.05, 4.69) is 26.2 Å². The molecular weight excluding hydrogens is 449 g/mol. The number of carbonyl (C=O) groups excluding carboxylic acids is 1. The van der Waals surface area contributed by atoms with E-state index in [9.17, 15) is 9.18 Å². The predicted molar refractivity (Wildman–Crippen MR) is 122 cm³/mol. The van der Waals surface area contributed by atoms with Crippen LogP contribution in [0.1, 0.15) is 45.5 Å². The van der Waals surface area contributed by atoms with Gasteiger partial charge in [0.25, 0.3) is 11.1 Å². The van der Waals surface area contributed by atoms with Crippen LogP contribution in [0.25, 0.3) is 0 Å². The lowest BCUT2D eigenvalue weighted by Crippen LogP contribution is -2.07. The van der Waals surface area contributed by atoms with Crippen LogP contribution in [-0.2, 0) is 6.54 Å². The van der Waals surface area contributed by atoms with Gasteiger partial charge in [-0.15, -0.1) is 21.5 Å². The molecule has 3 heterocycles. The van der Waals surface area contributed by atoms with Gasteiger partial charge in [-0.3, -0.25) is 4.79 Å². The molecular formula is C23H22FN3O3S2. The first-order valence-electron chi connectivity index (χ1n) is 10.0. The molecule has 1 aromatic carbocycles. The minimum Gasteiger partial charge on any atom is -0.481 e. The number of aryl methyl sites for hydroxylation is 1. The number of thiophene rings is 1. The van der Waals surface area contributed by atoms with Gasteiger partial charge in [-0.1, -0.05) is 17.8 Å². The van der Waals surface area contributed by atoms with Crippen molar-refractivity contribution in [1.29, 1.82) is 0 Å². The Bertz CT molecular complexity index is 1200. The molecule has 6 nitrogen and oxygen atoms in total. The van der Waals surface area contributed by atoms with E-state index in [4.69, 9.17) is 9.15 Å². The van der Waals surface area contributed by atoms with Crippen molar-refractivity contribution in [2.24, 2.45) is 0 Å². The fourth-order valence-electron chi connectivity index (χ4n) is 3.30. The number of nitrogens with zero attached hydrogens (tertiary/aromatic N) is 3. The molecule has 0 saturated heterocycles. The third kappa shape index (κ3) is 5.11. The van der Waals surface area contributed by atoms with Crippen molar-refractivity contribution in [3.8, 4) is 5.75 Å². The largest absolute Gasteiger partial charge is 0.481 e.